The SMILES string of the molecule is CC1(C(N)c2ccccc2C(F)(F)F)CCCO1. The average molecular weight is 259 g/mol. The number of rotatable bonds is 2. The van der Waals surface area contributed by atoms with Crippen LogP contribution in [0.2, 0.25) is 0 Å². The van der Waals surface area contributed by atoms with Crippen LogP contribution in [0.4, 0.5) is 13.2 Å². The van der Waals surface area contributed by atoms with Crippen LogP contribution in [0.15, 0.2) is 24.3 Å². The summed E-state index contributed by atoms with van der Waals surface area (Å²) in [7, 11) is 0. The zero-order valence-electron chi connectivity index (χ0n) is 10.1. The van der Waals surface area contributed by atoms with E-state index in [0.29, 0.717) is 13.0 Å². The van der Waals surface area contributed by atoms with E-state index in [1.54, 1.807) is 13.0 Å². The Labute approximate surface area is 104 Å². The topological polar surface area (TPSA) is 35.2 Å². The molecule has 5 heteroatoms. The summed E-state index contributed by atoms with van der Waals surface area (Å²) < 4.78 is 44.3. The molecule has 2 atom stereocenters. The third-order valence-corrected chi connectivity index (χ3v) is 3.51. The normalized spacial score (nSPS) is 26.3. The van der Waals surface area contributed by atoms with Crippen molar-refractivity contribution < 1.29 is 17.9 Å². The van der Waals surface area contributed by atoms with Crippen LogP contribution in [-0.4, -0.2) is 12.2 Å². The van der Waals surface area contributed by atoms with Gasteiger partial charge in [0.1, 0.15) is 0 Å². The predicted octanol–water partition coefficient (Wildman–Crippen LogP) is 3.27. The Balaban J connectivity index is 2.39. The molecule has 0 aromatic heterocycles. The Morgan fingerprint density at radius 3 is 2.56 bits per heavy atom. The predicted molar refractivity (Wildman–Crippen MR) is 62.0 cm³/mol. The largest absolute Gasteiger partial charge is 0.416 e. The maximum Gasteiger partial charge on any atom is 0.416 e. The lowest BCUT2D eigenvalue weighted by molar-refractivity contribution is -0.139. The van der Waals surface area contributed by atoms with Gasteiger partial charge < -0.3 is 10.5 Å². The summed E-state index contributed by atoms with van der Waals surface area (Å²) in [5.74, 6) is 0. The molecule has 1 heterocycles. The third kappa shape index (κ3) is 2.37. The van der Waals surface area contributed by atoms with Gasteiger partial charge in [-0.3, -0.25) is 0 Å². The van der Waals surface area contributed by atoms with Crippen molar-refractivity contribution in [1.29, 1.82) is 0 Å². The molecule has 100 valence electrons. The van der Waals surface area contributed by atoms with Gasteiger partial charge >= 0.3 is 6.18 Å². The van der Waals surface area contributed by atoms with Gasteiger partial charge in [-0.2, -0.15) is 13.2 Å². The second-order valence-electron chi connectivity index (χ2n) is 4.83. The highest BCUT2D eigenvalue weighted by Gasteiger charge is 2.42. The Hall–Kier alpha value is -1.07. The molecule has 0 aliphatic carbocycles. The fourth-order valence-electron chi connectivity index (χ4n) is 2.40. The smallest absolute Gasteiger partial charge is 0.373 e. The molecule has 2 rings (SSSR count). The minimum Gasteiger partial charge on any atom is -0.373 e. The van der Waals surface area contributed by atoms with Gasteiger partial charge in [0.15, 0.2) is 0 Å². The van der Waals surface area contributed by atoms with Gasteiger partial charge in [-0.25, -0.2) is 0 Å². The third-order valence-electron chi connectivity index (χ3n) is 3.51. The molecular weight excluding hydrogens is 243 g/mol. The van der Waals surface area contributed by atoms with Crippen molar-refractivity contribution in [3.63, 3.8) is 0 Å². The standard InChI is InChI=1S/C13H16F3NO/c1-12(7-4-8-18-12)11(17)9-5-2-3-6-10(9)13(14,15)16/h2-3,5-6,11H,4,7-8,17H2,1H3. The highest BCUT2D eigenvalue weighted by atomic mass is 19.4. The molecule has 2 nitrogen and oxygen atoms in total. The molecule has 0 saturated carbocycles. The molecule has 1 aliphatic rings. The molecule has 0 bridgehead atoms. The molecular formula is C13H16F3NO. The van der Waals surface area contributed by atoms with Crippen molar-refractivity contribution in [3.8, 4) is 0 Å². The summed E-state index contributed by atoms with van der Waals surface area (Å²) in [6.45, 7) is 2.33. The highest BCUT2D eigenvalue weighted by Crippen LogP contribution is 2.41. The quantitative estimate of drug-likeness (QED) is 0.884. The van der Waals surface area contributed by atoms with Gasteiger partial charge in [0.05, 0.1) is 17.2 Å². The lowest BCUT2D eigenvalue weighted by atomic mass is 9.86. The highest BCUT2D eigenvalue weighted by molar-refractivity contribution is 5.34. The van der Waals surface area contributed by atoms with Gasteiger partial charge in [-0.1, -0.05) is 18.2 Å². The van der Waals surface area contributed by atoms with E-state index in [4.69, 9.17) is 10.5 Å². The van der Waals surface area contributed by atoms with Crippen LogP contribution >= 0.6 is 0 Å². The lowest BCUT2D eigenvalue weighted by Crippen LogP contribution is -2.38. The fraction of sp³-hybridized carbons (Fsp3) is 0.538. The van der Waals surface area contributed by atoms with Crippen LogP contribution in [0.25, 0.3) is 0 Å². The van der Waals surface area contributed by atoms with Crippen molar-refractivity contribution in [1.82, 2.24) is 0 Å². The van der Waals surface area contributed by atoms with E-state index in [9.17, 15) is 13.2 Å². The number of hydrogen-bond acceptors (Lipinski definition) is 2. The molecule has 2 unspecified atom stereocenters. The first kappa shape index (κ1) is 13.4. The summed E-state index contributed by atoms with van der Waals surface area (Å²) in [4.78, 5) is 0. The van der Waals surface area contributed by atoms with Crippen LogP contribution in [0, 0.1) is 0 Å². The number of alkyl halides is 3. The van der Waals surface area contributed by atoms with Crippen LogP contribution in [0.3, 0.4) is 0 Å². The fourth-order valence-corrected chi connectivity index (χ4v) is 2.40. The Morgan fingerprint density at radius 1 is 1.33 bits per heavy atom. The maximum absolute atomic E-state index is 12.9. The first-order valence-corrected chi connectivity index (χ1v) is 5.90. The van der Waals surface area contributed by atoms with E-state index in [2.05, 4.69) is 0 Å². The van der Waals surface area contributed by atoms with Crippen molar-refractivity contribution in [2.75, 3.05) is 6.61 Å². The number of nitrogens with two attached hydrogens (primary N) is 1. The van der Waals surface area contributed by atoms with Gasteiger partial charge in [0, 0.05) is 6.61 Å². The molecule has 2 N–H and O–H groups in total. The van der Waals surface area contributed by atoms with Crippen LogP contribution in [0.5, 0.6) is 0 Å². The number of benzene rings is 1. The van der Waals surface area contributed by atoms with Gasteiger partial charge in [-0.15, -0.1) is 0 Å². The Kier molecular flexibility index (Phi) is 3.38. The van der Waals surface area contributed by atoms with Crippen LogP contribution in [0.1, 0.15) is 36.9 Å². The minimum atomic E-state index is -4.39. The second kappa shape index (κ2) is 4.55. The van der Waals surface area contributed by atoms with Crippen molar-refractivity contribution in [2.45, 2.75) is 37.6 Å². The molecule has 1 aliphatic heterocycles. The van der Waals surface area contributed by atoms with E-state index in [-0.39, 0.29) is 5.56 Å². The van der Waals surface area contributed by atoms with Crippen molar-refractivity contribution in [3.05, 3.63) is 35.4 Å². The van der Waals surface area contributed by atoms with E-state index in [1.807, 2.05) is 0 Å². The summed E-state index contributed by atoms with van der Waals surface area (Å²) in [6, 6.07) is 4.67. The zero-order chi connectivity index (χ0) is 13.4. The maximum atomic E-state index is 12.9. The summed E-state index contributed by atoms with van der Waals surface area (Å²) in [6.07, 6.45) is -2.87. The monoisotopic (exact) mass is 259 g/mol. The van der Waals surface area contributed by atoms with Gasteiger partial charge in [-0.05, 0) is 31.4 Å². The molecule has 0 radical (unpaired) electrons. The first-order chi connectivity index (χ1) is 8.34. The molecule has 0 spiro atoms. The van der Waals surface area contributed by atoms with Crippen molar-refractivity contribution >= 4 is 0 Å². The zero-order valence-corrected chi connectivity index (χ0v) is 10.1. The second-order valence-corrected chi connectivity index (χ2v) is 4.83. The minimum absolute atomic E-state index is 0.106. The number of halogens is 3. The number of hydrogen-bond donors (Lipinski definition) is 1. The van der Waals surface area contributed by atoms with E-state index >= 15 is 0 Å². The first-order valence-electron chi connectivity index (χ1n) is 5.90. The molecule has 18 heavy (non-hydrogen) atoms. The molecule has 1 aromatic rings. The molecule has 0 amide bonds. The summed E-state index contributed by atoms with van der Waals surface area (Å²) >= 11 is 0. The van der Waals surface area contributed by atoms with E-state index < -0.39 is 23.4 Å². The van der Waals surface area contributed by atoms with Crippen LogP contribution < -0.4 is 5.73 Å². The van der Waals surface area contributed by atoms with Crippen LogP contribution in [-0.2, 0) is 10.9 Å². The Morgan fingerprint density at radius 2 is 2.00 bits per heavy atom. The van der Waals surface area contributed by atoms with E-state index in [1.165, 1.54) is 12.1 Å². The molecule has 1 fully saturated rings. The van der Waals surface area contributed by atoms with E-state index in [0.717, 1.165) is 12.5 Å². The molecule has 1 saturated heterocycles. The number of ether oxygens (including phenoxy) is 1. The lowest BCUT2D eigenvalue weighted by Gasteiger charge is -2.32. The summed E-state index contributed by atoms with van der Waals surface area (Å²) in [5, 5.41) is 0. The molecule has 1 aromatic carbocycles. The van der Waals surface area contributed by atoms with Gasteiger partial charge in [0.25, 0.3) is 0 Å². The summed E-state index contributed by atoms with van der Waals surface area (Å²) in [5.41, 5.74) is 4.73. The Bertz CT molecular complexity index is 424. The van der Waals surface area contributed by atoms with Gasteiger partial charge in [0.2, 0.25) is 0 Å². The van der Waals surface area contributed by atoms with Crippen molar-refractivity contribution in [2.24, 2.45) is 5.73 Å². The average Bonchev–Trinajstić information content (AvgIpc) is 2.75.